The molecule has 0 amide bonds. The number of aliphatic hydroxyl groups is 1. The molecule has 1 aromatic rings. The van der Waals surface area contributed by atoms with Crippen molar-refractivity contribution in [1.82, 2.24) is 0 Å². The summed E-state index contributed by atoms with van der Waals surface area (Å²) in [5, 5.41) is 18.2. The molecular formula is C14H18N2O. The lowest BCUT2D eigenvalue weighted by Crippen LogP contribution is -2.20. The second-order valence-electron chi connectivity index (χ2n) is 4.63. The Bertz CT molecular complexity index is 436. The minimum absolute atomic E-state index is 0.00740. The average Bonchev–Trinajstić information content (AvgIpc) is 2.86. The molecule has 90 valence electrons. The smallest absolute Gasteiger partial charge is 0.101 e. The van der Waals surface area contributed by atoms with Gasteiger partial charge in [-0.15, -0.1) is 0 Å². The Kier molecular flexibility index (Phi) is 3.65. The monoisotopic (exact) mass is 230 g/mol. The van der Waals surface area contributed by atoms with E-state index in [0.29, 0.717) is 5.56 Å². The lowest BCUT2D eigenvalue weighted by atomic mass is 10.1. The quantitative estimate of drug-likeness (QED) is 0.866. The fourth-order valence-electron chi connectivity index (χ4n) is 2.43. The molecule has 1 aliphatic rings. The summed E-state index contributed by atoms with van der Waals surface area (Å²) in [6.45, 7) is 4.29. The zero-order valence-electron chi connectivity index (χ0n) is 10.2. The molecule has 0 saturated carbocycles. The Balaban J connectivity index is 2.24. The van der Waals surface area contributed by atoms with Crippen molar-refractivity contribution in [2.45, 2.75) is 26.4 Å². The Labute approximate surface area is 102 Å². The molecule has 1 unspecified atom stereocenters. The van der Waals surface area contributed by atoms with E-state index in [2.05, 4.69) is 17.9 Å². The standard InChI is InChI=1S/C14H18N2O/c1-2-11-5-6-16(9-11)14-4-3-12(10-17)7-13(14)8-15/h3-4,7,11,17H,2,5-6,9-10H2,1H3. The first-order valence-electron chi connectivity index (χ1n) is 6.17. The summed E-state index contributed by atoms with van der Waals surface area (Å²) < 4.78 is 0. The number of hydrogen-bond acceptors (Lipinski definition) is 3. The summed E-state index contributed by atoms with van der Waals surface area (Å²) in [5.41, 5.74) is 2.49. The Morgan fingerprint density at radius 2 is 2.35 bits per heavy atom. The fraction of sp³-hybridized carbons (Fsp3) is 0.500. The maximum Gasteiger partial charge on any atom is 0.101 e. The highest BCUT2D eigenvalue weighted by Crippen LogP contribution is 2.28. The van der Waals surface area contributed by atoms with Crippen molar-refractivity contribution in [2.75, 3.05) is 18.0 Å². The van der Waals surface area contributed by atoms with Gasteiger partial charge >= 0.3 is 0 Å². The van der Waals surface area contributed by atoms with Crippen LogP contribution in [-0.4, -0.2) is 18.2 Å². The lowest BCUT2D eigenvalue weighted by molar-refractivity contribution is 0.282. The van der Waals surface area contributed by atoms with Crippen molar-refractivity contribution in [3.05, 3.63) is 29.3 Å². The van der Waals surface area contributed by atoms with Gasteiger partial charge in [-0.1, -0.05) is 19.4 Å². The van der Waals surface area contributed by atoms with Crippen molar-refractivity contribution in [1.29, 1.82) is 5.26 Å². The van der Waals surface area contributed by atoms with Crippen LogP contribution in [0, 0.1) is 17.2 Å². The number of benzene rings is 1. The van der Waals surface area contributed by atoms with Crippen molar-refractivity contribution in [3.8, 4) is 6.07 Å². The topological polar surface area (TPSA) is 47.3 Å². The van der Waals surface area contributed by atoms with Crippen LogP contribution in [0.2, 0.25) is 0 Å². The molecule has 2 rings (SSSR count). The highest BCUT2D eigenvalue weighted by molar-refractivity contribution is 5.61. The van der Waals surface area contributed by atoms with Crippen LogP contribution in [0.1, 0.15) is 30.9 Å². The molecule has 1 aliphatic heterocycles. The Hall–Kier alpha value is -1.53. The molecule has 3 nitrogen and oxygen atoms in total. The van der Waals surface area contributed by atoms with E-state index >= 15 is 0 Å². The summed E-state index contributed by atoms with van der Waals surface area (Å²) in [6, 6.07) is 7.87. The number of hydrogen-bond donors (Lipinski definition) is 1. The summed E-state index contributed by atoms with van der Waals surface area (Å²) in [4.78, 5) is 2.29. The number of rotatable bonds is 3. The van der Waals surface area contributed by atoms with E-state index in [9.17, 15) is 0 Å². The summed E-state index contributed by atoms with van der Waals surface area (Å²) in [6.07, 6.45) is 2.41. The molecule has 1 N–H and O–H groups in total. The van der Waals surface area contributed by atoms with E-state index in [0.717, 1.165) is 30.3 Å². The molecule has 0 radical (unpaired) electrons. The van der Waals surface area contributed by atoms with E-state index in [4.69, 9.17) is 10.4 Å². The summed E-state index contributed by atoms with van der Waals surface area (Å²) >= 11 is 0. The van der Waals surface area contributed by atoms with Gasteiger partial charge in [-0.05, 0) is 30.0 Å². The van der Waals surface area contributed by atoms with Crippen molar-refractivity contribution in [3.63, 3.8) is 0 Å². The first-order chi connectivity index (χ1) is 8.28. The molecule has 1 aromatic carbocycles. The van der Waals surface area contributed by atoms with Crippen molar-refractivity contribution in [2.24, 2.45) is 5.92 Å². The van der Waals surface area contributed by atoms with E-state index in [1.807, 2.05) is 12.1 Å². The predicted molar refractivity (Wildman–Crippen MR) is 67.7 cm³/mol. The third-order valence-electron chi connectivity index (χ3n) is 3.57. The SMILES string of the molecule is CCC1CCN(c2ccc(CO)cc2C#N)C1. The minimum atomic E-state index is -0.00740. The molecule has 3 heteroatoms. The predicted octanol–water partition coefficient (Wildman–Crippen LogP) is 2.29. The van der Waals surface area contributed by atoms with Crippen molar-refractivity contribution < 1.29 is 5.11 Å². The first kappa shape index (κ1) is 11.9. The Morgan fingerprint density at radius 1 is 1.53 bits per heavy atom. The van der Waals surface area contributed by atoms with Gasteiger partial charge in [-0.2, -0.15) is 5.26 Å². The second kappa shape index (κ2) is 5.20. The molecule has 0 aliphatic carbocycles. The van der Waals surface area contributed by atoms with Crippen LogP contribution in [0.15, 0.2) is 18.2 Å². The van der Waals surface area contributed by atoms with Crippen LogP contribution in [0.25, 0.3) is 0 Å². The van der Waals surface area contributed by atoms with Gasteiger partial charge < -0.3 is 10.0 Å². The van der Waals surface area contributed by atoms with Gasteiger partial charge in [0.2, 0.25) is 0 Å². The summed E-state index contributed by atoms with van der Waals surface area (Å²) in [5.74, 6) is 0.749. The molecule has 0 spiro atoms. The second-order valence-corrected chi connectivity index (χ2v) is 4.63. The van der Waals surface area contributed by atoms with E-state index in [1.165, 1.54) is 12.8 Å². The zero-order chi connectivity index (χ0) is 12.3. The van der Waals surface area contributed by atoms with E-state index in [-0.39, 0.29) is 6.61 Å². The first-order valence-corrected chi connectivity index (χ1v) is 6.17. The van der Waals surface area contributed by atoms with Crippen LogP contribution in [-0.2, 0) is 6.61 Å². The molecule has 0 bridgehead atoms. The lowest BCUT2D eigenvalue weighted by Gasteiger charge is -2.20. The minimum Gasteiger partial charge on any atom is -0.392 e. The third kappa shape index (κ3) is 2.42. The maximum atomic E-state index is 9.16. The molecular weight excluding hydrogens is 212 g/mol. The number of aliphatic hydroxyl groups excluding tert-OH is 1. The highest BCUT2D eigenvalue weighted by Gasteiger charge is 2.22. The van der Waals surface area contributed by atoms with Gasteiger partial charge in [0.25, 0.3) is 0 Å². The molecule has 0 aromatic heterocycles. The number of anilines is 1. The highest BCUT2D eigenvalue weighted by atomic mass is 16.3. The molecule has 1 fully saturated rings. The average molecular weight is 230 g/mol. The fourth-order valence-corrected chi connectivity index (χ4v) is 2.43. The van der Waals surface area contributed by atoms with Gasteiger partial charge in [0, 0.05) is 13.1 Å². The van der Waals surface area contributed by atoms with E-state index in [1.54, 1.807) is 6.07 Å². The van der Waals surface area contributed by atoms with Gasteiger partial charge in [0.1, 0.15) is 6.07 Å². The number of nitrogens with zero attached hydrogens (tertiary/aromatic N) is 2. The number of nitriles is 1. The van der Waals surface area contributed by atoms with E-state index < -0.39 is 0 Å². The molecule has 17 heavy (non-hydrogen) atoms. The molecule has 1 heterocycles. The van der Waals surface area contributed by atoms with Crippen LogP contribution < -0.4 is 4.90 Å². The van der Waals surface area contributed by atoms with Crippen LogP contribution >= 0.6 is 0 Å². The third-order valence-corrected chi connectivity index (χ3v) is 3.57. The van der Waals surface area contributed by atoms with Gasteiger partial charge in [0.15, 0.2) is 0 Å². The van der Waals surface area contributed by atoms with Crippen molar-refractivity contribution >= 4 is 5.69 Å². The van der Waals surface area contributed by atoms with Crippen LogP contribution in [0.3, 0.4) is 0 Å². The maximum absolute atomic E-state index is 9.16. The normalized spacial score (nSPS) is 19.4. The van der Waals surface area contributed by atoms with Gasteiger partial charge in [0.05, 0.1) is 17.9 Å². The molecule has 1 saturated heterocycles. The summed E-state index contributed by atoms with van der Waals surface area (Å²) in [7, 11) is 0. The Morgan fingerprint density at radius 3 is 2.94 bits per heavy atom. The molecule has 1 atom stereocenters. The zero-order valence-corrected chi connectivity index (χ0v) is 10.2. The van der Waals surface area contributed by atoms with Gasteiger partial charge in [-0.3, -0.25) is 0 Å². The van der Waals surface area contributed by atoms with Crippen LogP contribution in [0.4, 0.5) is 5.69 Å². The van der Waals surface area contributed by atoms with Crippen LogP contribution in [0.5, 0.6) is 0 Å². The van der Waals surface area contributed by atoms with Gasteiger partial charge in [-0.25, -0.2) is 0 Å². The largest absolute Gasteiger partial charge is 0.392 e.